The van der Waals surface area contributed by atoms with Crippen molar-refractivity contribution in [3.63, 3.8) is 0 Å². The molecule has 0 aliphatic carbocycles. The van der Waals surface area contributed by atoms with Gasteiger partial charge in [0, 0.05) is 46.7 Å². The van der Waals surface area contributed by atoms with Crippen LogP contribution in [0.5, 0.6) is 0 Å². The third kappa shape index (κ3) is 3.30. The molecule has 0 aliphatic rings. The Morgan fingerprint density at radius 3 is 2.81 bits per heavy atom. The number of carbonyl (C=O) groups is 1. The van der Waals surface area contributed by atoms with E-state index >= 15 is 0 Å². The summed E-state index contributed by atoms with van der Waals surface area (Å²) < 4.78 is 1.71. The van der Waals surface area contributed by atoms with Crippen LogP contribution in [-0.4, -0.2) is 27.0 Å². The van der Waals surface area contributed by atoms with Crippen LogP contribution in [0.15, 0.2) is 29.3 Å². The Balaban J connectivity index is 1.87. The molecular weight excluding hydrogens is 354 g/mol. The van der Waals surface area contributed by atoms with Gasteiger partial charge < -0.3 is 10.6 Å². The van der Waals surface area contributed by atoms with Crippen LogP contribution in [0, 0.1) is 13.8 Å². The number of pyridine rings is 1. The quantitative estimate of drug-likeness (QED) is 0.641. The molecule has 3 aromatic rings. The number of hydrogen-bond donors (Lipinski definition) is 3. The fourth-order valence-electron chi connectivity index (χ4n) is 2.93. The minimum atomic E-state index is -0.280. The highest BCUT2D eigenvalue weighted by atomic mass is 35.5. The lowest BCUT2D eigenvalue weighted by Gasteiger charge is -2.14. The van der Waals surface area contributed by atoms with Gasteiger partial charge in [0.1, 0.15) is 6.33 Å². The second kappa shape index (κ2) is 7.21. The molecule has 2 aromatic heterocycles. The molecule has 1 amide bonds. The van der Waals surface area contributed by atoms with Crippen LogP contribution < -0.4 is 16.1 Å². The Morgan fingerprint density at radius 2 is 2.08 bits per heavy atom. The molecule has 0 atom stereocenters. The van der Waals surface area contributed by atoms with Crippen LogP contribution in [0.3, 0.4) is 0 Å². The Bertz CT molecular complexity index is 1040. The second-order valence-electron chi connectivity index (χ2n) is 5.99. The number of carbonyl (C=O) groups excluding carboxylic acids is 1. The Morgan fingerprint density at radius 1 is 1.31 bits per heavy atom. The maximum atomic E-state index is 12.7. The SMILES string of the molecule is CCNc1cc(Cl)cc(C(=O)NCc2c(C)n3[nH]cnc3cc2=O)c1C. The Kier molecular flexibility index (Phi) is 4.99. The Labute approximate surface area is 155 Å². The number of fused-ring (bicyclic) bond motifs is 1. The largest absolute Gasteiger partial charge is 0.385 e. The number of H-pyrrole nitrogens is 1. The zero-order valence-electron chi connectivity index (χ0n) is 14.8. The summed E-state index contributed by atoms with van der Waals surface area (Å²) in [5, 5.41) is 9.43. The van der Waals surface area contributed by atoms with Crippen molar-refractivity contribution in [3.8, 4) is 0 Å². The zero-order chi connectivity index (χ0) is 18.8. The van der Waals surface area contributed by atoms with Crippen molar-refractivity contribution in [2.45, 2.75) is 27.3 Å². The topological polar surface area (TPSA) is 91.3 Å². The summed E-state index contributed by atoms with van der Waals surface area (Å²) >= 11 is 6.14. The van der Waals surface area contributed by atoms with E-state index in [9.17, 15) is 9.59 Å². The monoisotopic (exact) mass is 373 g/mol. The van der Waals surface area contributed by atoms with Crippen molar-refractivity contribution in [3.05, 3.63) is 62.2 Å². The molecule has 7 nitrogen and oxygen atoms in total. The molecule has 0 spiro atoms. The first-order chi connectivity index (χ1) is 12.4. The molecule has 0 radical (unpaired) electrons. The molecule has 0 saturated heterocycles. The molecule has 0 bridgehead atoms. The number of anilines is 1. The summed E-state index contributed by atoms with van der Waals surface area (Å²) in [6, 6.07) is 4.86. The third-order valence-corrected chi connectivity index (χ3v) is 4.57. The van der Waals surface area contributed by atoms with Gasteiger partial charge in [0.15, 0.2) is 11.1 Å². The number of aryl methyl sites for hydroxylation is 1. The van der Waals surface area contributed by atoms with Gasteiger partial charge in [0.2, 0.25) is 0 Å². The average molecular weight is 374 g/mol. The van der Waals surface area contributed by atoms with Crippen LogP contribution in [0.2, 0.25) is 5.02 Å². The number of halogens is 1. The number of aromatic nitrogens is 3. The molecule has 136 valence electrons. The van der Waals surface area contributed by atoms with Gasteiger partial charge in [-0.15, -0.1) is 0 Å². The fraction of sp³-hybridized carbons (Fsp3) is 0.278. The highest BCUT2D eigenvalue weighted by Gasteiger charge is 2.15. The summed E-state index contributed by atoms with van der Waals surface area (Å²) in [4.78, 5) is 29.0. The summed E-state index contributed by atoms with van der Waals surface area (Å²) in [7, 11) is 0. The maximum Gasteiger partial charge on any atom is 0.251 e. The van der Waals surface area contributed by atoms with Crippen molar-refractivity contribution >= 4 is 28.8 Å². The average Bonchev–Trinajstić information content (AvgIpc) is 3.06. The molecule has 0 fully saturated rings. The normalized spacial score (nSPS) is 10.9. The first-order valence-electron chi connectivity index (χ1n) is 8.29. The smallest absolute Gasteiger partial charge is 0.251 e. The van der Waals surface area contributed by atoms with Gasteiger partial charge in [-0.3, -0.25) is 14.7 Å². The van der Waals surface area contributed by atoms with E-state index in [0.717, 1.165) is 17.8 Å². The zero-order valence-corrected chi connectivity index (χ0v) is 15.6. The van der Waals surface area contributed by atoms with Crippen LogP contribution in [0.25, 0.3) is 5.65 Å². The van der Waals surface area contributed by atoms with Gasteiger partial charge >= 0.3 is 0 Å². The summed E-state index contributed by atoms with van der Waals surface area (Å²) in [6.45, 7) is 6.49. The van der Waals surface area contributed by atoms with Crippen molar-refractivity contribution in [2.24, 2.45) is 0 Å². The van der Waals surface area contributed by atoms with E-state index in [4.69, 9.17) is 11.6 Å². The molecule has 0 aliphatic heterocycles. The van der Waals surface area contributed by atoms with Crippen molar-refractivity contribution in [1.29, 1.82) is 0 Å². The van der Waals surface area contributed by atoms with Gasteiger partial charge in [0.05, 0.1) is 0 Å². The highest BCUT2D eigenvalue weighted by Crippen LogP contribution is 2.25. The summed E-state index contributed by atoms with van der Waals surface area (Å²) in [6.07, 6.45) is 1.52. The van der Waals surface area contributed by atoms with Crippen molar-refractivity contribution < 1.29 is 4.79 Å². The molecule has 0 saturated carbocycles. The van der Waals surface area contributed by atoms with Gasteiger partial charge in [-0.2, -0.15) is 0 Å². The van der Waals surface area contributed by atoms with Crippen molar-refractivity contribution in [2.75, 3.05) is 11.9 Å². The number of amides is 1. The van der Waals surface area contributed by atoms with Crippen LogP contribution in [-0.2, 0) is 6.54 Å². The van der Waals surface area contributed by atoms with E-state index in [1.54, 1.807) is 16.6 Å². The van der Waals surface area contributed by atoms with E-state index in [1.165, 1.54) is 12.4 Å². The first kappa shape index (κ1) is 18.0. The lowest BCUT2D eigenvalue weighted by atomic mass is 10.1. The lowest BCUT2D eigenvalue weighted by Crippen LogP contribution is -2.28. The maximum absolute atomic E-state index is 12.7. The predicted octanol–water partition coefficient (Wildman–Crippen LogP) is 2.65. The van der Waals surface area contributed by atoms with E-state index in [1.807, 2.05) is 20.8 Å². The van der Waals surface area contributed by atoms with Gasteiger partial charge in [-0.25, -0.2) is 9.50 Å². The minimum absolute atomic E-state index is 0.119. The molecule has 1 aromatic carbocycles. The molecule has 0 unspecified atom stereocenters. The van der Waals surface area contributed by atoms with Crippen molar-refractivity contribution in [1.82, 2.24) is 19.9 Å². The van der Waals surface area contributed by atoms with Crippen LogP contribution in [0.4, 0.5) is 5.69 Å². The van der Waals surface area contributed by atoms with Gasteiger partial charge in [-0.1, -0.05) is 11.6 Å². The summed E-state index contributed by atoms with van der Waals surface area (Å²) in [5.41, 5.74) is 3.71. The molecule has 26 heavy (non-hydrogen) atoms. The fourth-order valence-corrected chi connectivity index (χ4v) is 3.15. The van der Waals surface area contributed by atoms with E-state index in [-0.39, 0.29) is 17.9 Å². The molecular formula is C18H20ClN5O2. The number of nitrogens with one attached hydrogen (secondary N) is 3. The molecule has 2 heterocycles. The standard InChI is InChI=1S/C18H20ClN5O2/c1-4-20-15-6-12(19)5-13(10(15)2)18(26)21-8-14-11(3)24-17(7-16(14)25)22-9-23-24/h5-7,9,20H,4,8H2,1-3H3,(H,21,26)(H,22,23). The first-order valence-corrected chi connectivity index (χ1v) is 8.67. The molecule has 3 rings (SSSR count). The third-order valence-electron chi connectivity index (χ3n) is 4.35. The predicted molar refractivity (Wildman–Crippen MR) is 102 cm³/mol. The van der Waals surface area contributed by atoms with E-state index < -0.39 is 0 Å². The number of aromatic amines is 1. The van der Waals surface area contributed by atoms with Crippen LogP contribution >= 0.6 is 11.6 Å². The van der Waals surface area contributed by atoms with Crippen LogP contribution in [0.1, 0.15) is 34.1 Å². The molecule has 8 heteroatoms. The number of benzene rings is 1. The number of rotatable bonds is 5. The van der Waals surface area contributed by atoms with E-state index in [2.05, 4.69) is 20.7 Å². The minimum Gasteiger partial charge on any atom is -0.385 e. The lowest BCUT2D eigenvalue weighted by molar-refractivity contribution is 0.0950. The highest BCUT2D eigenvalue weighted by molar-refractivity contribution is 6.31. The number of nitrogens with zero attached hydrogens (tertiary/aromatic N) is 2. The van der Waals surface area contributed by atoms with E-state index in [0.29, 0.717) is 27.5 Å². The summed E-state index contributed by atoms with van der Waals surface area (Å²) in [5.74, 6) is -0.280. The Hall–Kier alpha value is -2.80. The van der Waals surface area contributed by atoms with Gasteiger partial charge in [-0.05, 0) is 38.5 Å². The number of hydrogen-bond acceptors (Lipinski definition) is 4. The second-order valence-corrected chi connectivity index (χ2v) is 6.43. The van der Waals surface area contributed by atoms with Gasteiger partial charge in [0.25, 0.3) is 5.91 Å². The molecule has 3 N–H and O–H groups in total.